The second-order valence-electron chi connectivity index (χ2n) is 5.81. The zero-order valence-electron chi connectivity index (χ0n) is 12.5. The molecule has 1 amide bonds. The molecule has 2 aliphatic rings. The summed E-state index contributed by atoms with van der Waals surface area (Å²) < 4.78 is 30.6. The molecule has 2 rings (SSSR count). The molecule has 0 radical (unpaired) electrons. The summed E-state index contributed by atoms with van der Waals surface area (Å²) in [4.78, 5) is 13.8. The third kappa shape index (κ3) is 5.90. The smallest absolute Gasteiger partial charge is 0.248 e. The van der Waals surface area contributed by atoms with E-state index in [1.165, 1.54) is 0 Å². The summed E-state index contributed by atoms with van der Waals surface area (Å²) in [5, 5.41) is 3.26. The molecule has 2 heterocycles. The SMILES string of the molecule is CS(=O)(=O)NC1CCN(C(=O)COC2CCNCC2)CC1. The van der Waals surface area contributed by atoms with Gasteiger partial charge in [-0.05, 0) is 38.8 Å². The second-order valence-corrected chi connectivity index (χ2v) is 7.59. The van der Waals surface area contributed by atoms with Crippen LogP contribution in [-0.4, -0.2) is 70.4 Å². The number of rotatable bonds is 5. The predicted molar refractivity (Wildman–Crippen MR) is 79.4 cm³/mol. The summed E-state index contributed by atoms with van der Waals surface area (Å²) >= 11 is 0. The fraction of sp³-hybridized carbons (Fsp3) is 0.923. The lowest BCUT2D eigenvalue weighted by molar-refractivity contribution is -0.139. The molecule has 2 aliphatic heterocycles. The number of carbonyl (C=O) groups excluding carboxylic acids is 1. The molecule has 0 saturated carbocycles. The van der Waals surface area contributed by atoms with Gasteiger partial charge >= 0.3 is 0 Å². The number of amides is 1. The first kappa shape index (κ1) is 16.7. The summed E-state index contributed by atoms with van der Waals surface area (Å²) in [5.41, 5.74) is 0. The fourth-order valence-electron chi connectivity index (χ4n) is 2.79. The Bertz CT molecular complexity index is 440. The van der Waals surface area contributed by atoms with Crippen molar-refractivity contribution < 1.29 is 17.9 Å². The van der Waals surface area contributed by atoms with E-state index in [-0.39, 0.29) is 24.7 Å². The Balaban J connectivity index is 1.67. The fourth-order valence-corrected chi connectivity index (χ4v) is 3.63. The maximum atomic E-state index is 12.1. The van der Waals surface area contributed by atoms with Gasteiger partial charge in [0.1, 0.15) is 6.61 Å². The van der Waals surface area contributed by atoms with Crippen molar-refractivity contribution in [2.24, 2.45) is 0 Å². The summed E-state index contributed by atoms with van der Waals surface area (Å²) in [6.07, 6.45) is 4.57. The molecule has 0 bridgehead atoms. The Kier molecular flexibility index (Phi) is 5.98. The van der Waals surface area contributed by atoms with Crippen molar-refractivity contribution in [2.75, 3.05) is 39.0 Å². The Morgan fingerprint density at radius 1 is 1.24 bits per heavy atom. The van der Waals surface area contributed by atoms with Crippen molar-refractivity contribution >= 4 is 15.9 Å². The molecule has 0 aromatic heterocycles. The lowest BCUT2D eigenvalue weighted by Gasteiger charge is -2.32. The van der Waals surface area contributed by atoms with Crippen LogP contribution in [-0.2, 0) is 19.6 Å². The van der Waals surface area contributed by atoms with Crippen molar-refractivity contribution in [3.05, 3.63) is 0 Å². The van der Waals surface area contributed by atoms with Crippen LogP contribution < -0.4 is 10.0 Å². The van der Waals surface area contributed by atoms with Crippen LogP contribution in [0.2, 0.25) is 0 Å². The number of sulfonamides is 1. The molecule has 0 aromatic carbocycles. The van der Waals surface area contributed by atoms with Crippen molar-refractivity contribution in [1.82, 2.24) is 14.9 Å². The number of carbonyl (C=O) groups is 1. The van der Waals surface area contributed by atoms with Crippen LogP contribution in [0, 0.1) is 0 Å². The molecule has 2 N–H and O–H groups in total. The predicted octanol–water partition coefficient (Wildman–Crippen LogP) is -0.705. The molecule has 2 fully saturated rings. The van der Waals surface area contributed by atoms with Crippen LogP contribution in [0.25, 0.3) is 0 Å². The molecule has 7 nitrogen and oxygen atoms in total. The van der Waals surface area contributed by atoms with Crippen molar-refractivity contribution in [1.29, 1.82) is 0 Å². The first-order chi connectivity index (χ1) is 9.94. The summed E-state index contributed by atoms with van der Waals surface area (Å²) in [7, 11) is -3.17. The summed E-state index contributed by atoms with van der Waals surface area (Å²) in [6, 6.07) is -0.0608. The summed E-state index contributed by atoms with van der Waals surface area (Å²) in [6.45, 7) is 3.20. The van der Waals surface area contributed by atoms with Gasteiger partial charge in [0.2, 0.25) is 15.9 Å². The normalized spacial score (nSPS) is 22.4. The van der Waals surface area contributed by atoms with E-state index >= 15 is 0 Å². The average Bonchev–Trinajstić information content (AvgIpc) is 2.45. The molecule has 0 aliphatic carbocycles. The lowest BCUT2D eigenvalue weighted by atomic mass is 10.1. The van der Waals surface area contributed by atoms with Crippen LogP contribution in [0.5, 0.6) is 0 Å². The van der Waals surface area contributed by atoms with Gasteiger partial charge in [-0.15, -0.1) is 0 Å². The van der Waals surface area contributed by atoms with Gasteiger partial charge in [0.15, 0.2) is 0 Å². The van der Waals surface area contributed by atoms with Gasteiger partial charge in [0.05, 0.1) is 12.4 Å². The highest BCUT2D eigenvalue weighted by Gasteiger charge is 2.25. The number of hydrogen-bond acceptors (Lipinski definition) is 5. The largest absolute Gasteiger partial charge is 0.368 e. The molecule has 2 saturated heterocycles. The van der Waals surface area contributed by atoms with E-state index in [2.05, 4.69) is 10.0 Å². The van der Waals surface area contributed by atoms with Gasteiger partial charge in [-0.3, -0.25) is 4.79 Å². The van der Waals surface area contributed by atoms with E-state index in [9.17, 15) is 13.2 Å². The number of likely N-dealkylation sites (tertiary alicyclic amines) is 1. The Labute approximate surface area is 126 Å². The Morgan fingerprint density at radius 3 is 2.43 bits per heavy atom. The third-order valence-corrected chi connectivity index (χ3v) is 4.72. The monoisotopic (exact) mass is 319 g/mol. The van der Waals surface area contributed by atoms with Crippen LogP contribution in [0.1, 0.15) is 25.7 Å². The van der Waals surface area contributed by atoms with Gasteiger partial charge < -0.3 is 15.0 Å². The van der Waals surface area contributed by atoms with E-state index in [0.29, 0.717) is 25.9 Å². The van der Waals surface area contributed by atoms with Crippen molar-refractivity contribution in [3.63, 3.8) is 0 Å². The lowest BCUT2D eigenvalue weighted by Crippen LogP contribution is -2.47. The molecule has 0 unspecified atom stereocenters. The number of ether oxygens (including phenoxy) is 1. The van der Waals surface area contributed by atoms with E-state index in [1.807, 2.05) is 0 Å². The number of hydrogen-bond donors (Lipinski definition) is 2. The molecular formula is C13H25N3O4S. The van der Waals surface area contributed by atoms with Gasteiger partial charge in [0.25, 0.3) is 0 Å². The summed E-state index contributed by atoms with van der Waals surface area (Å²) in [5.74, 6) is 0.00587. The Hall–Kier alpha value is -0.700. The van der Waals surface area contributed by atoms with Crippen LogP contribution in [0.4, 0.5) is 0 Å². The minimum atomic E-state index is -3.17. The van der Waals surface area contributed by atoms with E-state index in [1.54, 1.807) is 4.90 Å². The van der Waals surface area contributed by atoms with Gasteiger partial charge in [-0.1, -0.05) is 0 Å². The first-order valence-corrected chi connectivity index (χ1v) is 9.40. The van der Waals surface area contributed by atoms with Gasteiger partial charge in [-0.2, -0.15) is 0 Å². The van der Waals surface area contributed by atoms with E-state index in [0.717, 1.165) is 32.2 Å². The number of nitrogens with zero attached hydrogens (tertiary/aromatic N) is 1. The topological polar surface area (TPSA) is 87.7 Å². The quantitative estimate of drug-likeness (QED) is 0.699. The zero-order chi connectivity index (χ0) is 15.3. The standard InChI is InChI=1S/C13H25N3O4S/c1-21(18,19)15-11-4-8-16(9-5-11)13(17)10-20-12-2-6-14-7-3-12/h11-12,14-15H,2-10H2,1H3. The number of nitrogens with one attached hydrogen (secondary N) is 2. The highest BCUT2D eigenvalue weighted by molar-refractivity contribution is 7.88. The van der Waals surface area contributed by atoms with E-state index < -0.39 is 10.0 Å². The average molecular weight is 319 g/mol. The highest BCUT2D eigenvalue weighted by Crippen LogP contribution is 2.12. The molecule has 0 atom stereocenters. The van der Waals surface area contributed by atoms with E-state index in [4.69, 9.17) is 4.74 Å². The Morgan fingerprint density at radius 2 is 1.86 bits per heavy atom. The zero-order valence-corrected chi connectivity index (χ0v) is 13.3. The maximum Gasteiger partial charge on any atom is 0.248 e. The first-order valence-electron chi connectivity index (χ1n) is 7.51. The number of piperidine rings is 2. The third-order valence-electron chi connectivity index (χ3n) is 3.96. The van der Waals surface area contributed by atoms with Gasteiger partial charge in [-0.25, -0.2) is 13.1 Å². The molecule has 0 spiro atoms. The molecule has 21 heavy (non-hydrogen) atoms. The minimum Gasteiger partial charge on any atom is -0.368 e. The van der Waals surface area contributed by atoms with Crippen molar-refractivity contribution in [3.8, 4) is 0 Å². The second kappa shape index (κ2) is 7.53. The molecule has 0 aromatic rings. The highest BCUT2D eigenvalue weighted by atomic mass is 32.2. The maximum absolute atomic E-state index is 12.1. The van der Waals surface area contributed by atoms with Crippen LogP contribution >= 0.6 is 0 Å². The molecule has 8 heteroatoms. The molecule has 122 valence electrons. The van der Waals surface area contributed by atoms with Gasteiger partial charge in [0, 0.05) is 19.1 Å². The minimum absolute atomic E-state index is 0.00587. The van der Waals surface area contributed by atoms with Crippen molar-refractivity contribution in [2.45, 2.75) is 37.8 Å². The molecular weight excluding hydrogens is 294 g/mol. The van der Waals surface area contributed by atoms with Crippen LogP contribution in [0.15, 0.2) is 0 Å². The van der Waals surface area contributed by atoms with Crippen LogP contribution in [0.3, 0.4) is 0 Å².